The molecule has 0 spiro atoms. The summed E-state index contributed by atoms with van der Waals surface area (Å²) in [6.07, 6.45) is 0.993. The van der Waals surface area contributed by atoms with Crippen molar-refractivity contribution in [1.82, 2.24) is 5.32 Å². The highest BCUT2D eigenvalue weighted by atomic mass is 16.4. The average molecular weight is 273 g/mol. The van der Waals surface area contributed by atoms with Crippen molar-refractivity contribution in [3.63, 3.8) is 0 Å². The Kier molecular flexibility index (Phi) is 2.85. The molecule has 0 heterocycles. The third-order valence-electron chi connectivity index (χ3n) is 4.86. The van der Waals surface area contributed by atoms with E-state index in [4.69, 9.17) is 5.11 Å². The van der Waals surface area contributed by atoms with E-state index >= 15 is 0 Å². The highest BCUT2D eigenvalue weighted by Gasteiger charge is 2.65. The van der Waals surface area contributed by atoms with Crippen molar-refractivity contribution >= 4 is 11.9 Å². The molecule has 4 nitrogen and oxygen atoms in total. The summed E-state index contributed by atoms with van der Waals surface area (Å²) in [6.45, 7) is 4.29. The van der Waals surface area contributed by atoms with E-state index in [0.29, 0.717) is 12.5 Å². The Hall–Kier alpha value is -1.84. The van der Waals surface area contributed by atoms with Crippen molar-refractivity contribution < 1.29 is 14.7 Å². The lowest BCUT2D eigenvalue weighted by atomic mass is 9.77. The zero-order valence-electron chi connectivity index (χ0n) is 11.7. The lowest BCUT2D eigenvalue weighted by molar-refractivity contribution is -0.140. The van der Waals surface area contributed by atoms with Gasteiger partial charge in [0.25, 0.3) is 0 Å². The fourth-order valence-corrected chi connectivity index (χ4v) is 3.47. The lowest BCUT2D eigenvalue weighted by Gasteiger charge is -2.30. The molecule has 2 aliphatic carbocycles. The van der Waals surface area contributed by atoms with Crippen LogP contribution in [0.5, 0.6) is 0 Å². The molecule has 1 amide bonds. The predicted octanol–water partition coefficient (Wildman–Crippen LogP) is 1.80. The summed E-state index contributed by atoms with van der Waals surface area (Å²) < 4.78 is 0. The Morgan fingerprint density at radius 2 is 2.00 bits per heavy atom. The van der Waals surface area contributed by atoms with Crippen LogP contribution in [0, 0.1) is 17.3 Å². The zero-order valence-corrected chi connectivity index (χ0v) is 11.7. The molecular formula is C16H19NO3. The van der Waals surface area contributed by atoms with Crippen LogP contribution in [0.2, 0.25) is 0 Å². The van der Waals surface area contributed by atoms with Crippen molar-refractivity contribution in [1.29, 1.82) is 0 Å². The lowest BCUT2D eigenvalue weighted by Crippen LogP contribution is -2.35. The Labute approximate surface area is 118 Å². The van der Waals surface area contributed by atoms with Gasteiger partial charge in [0.1, 0.15) is 0 Å². The molecule has 106 valence electrons. The number of hydrogen-bond donors (Lipinski definition) is 2. The number of fused-ring (bicyclic) bond motifs is 1. The third kappa shape index (κ3) is 1.90. The van der Waals surface area contributed by atoms with E-state index < -0.39 is 23.2 Å². The van der Waals surface area contributed by atoms with Crippen molar-refractivity contribution in [2.45, 2.75) is 26.2 Å². The fourth-order valence-electron chi connectivity index (χ4n) is 3.47. The number of amides is 1. The second-order valence-corrected chi connectivity index (χ2v) is 6.46. The van der Waals surface area contributed by atoms with Gasteiger partial charge in [-0.2, -0.15) is 0 Å². The number of carbonyl (C=O) groups excluding carboxylic acids is 1. The van der Waals surface area contributed by atoms with Crippen LogP contribution in [0.25, 0.3) is 0 Å². The maximum Gasteiger partial charge on any atom is 0.307 e. The summed E-state index contributed by atoms with van der Waals surface area (Å²) in [5.74, 6) is -1.55. The molecule has 2 aliphatic rings. The van der Waals surface area contributed by atoms with Crippen molar-refractivity contribution in [3.8, 4) is 0 Å². The quantitative estimate of drug-likeness (QED) is 0.879. The van der Waals surface area contributed by atoms with Crippen molar-refractivity contribution in [2.75, 3.05) is 6.54 Å². The van der Waals surface area contributed by atoms with Gasteiger partial charge in [-0.3, -0.25) is 9.59 Å². The predicted molar refractivity (Wildman–Crippen MR) is 74.3 cm³/mol. The van der Waals surface area contributed by atoms with Crippen molar-refractivity contribution in [2.24, 2.45) is 17.3 Å². The standard InChI is InChI=1S/C16H19NO3/c1-16(2)12(13(16)15(19)20)14(18)17-8-10-7-9-5-3-4-6-11(9)10/h3-6,10,12-13H,7-8H2,1-2H3,(H,17,18)(H,19,20). The Morgan fingerprint density at radius 1 is 1.30 bits per heavy atom. The molecule has 2 N–H and O–H groups in total. The van der Waals surface area contributed by atoms with Gasteiger partial charge in [-0.25, -0.2) is 0 Å². The maximum atomic E-state index is 12.1. The molecule has 3 atom stereocenters. The van der Waals surface area contributed by atoms with Gasteiger partial charge in [0.2, 0.25) is 5.91 Å². The monoisotopic (exact) mass is 273 g/mol. The molecule has 0 aliphatic heterocycles. The molecule has 1 aromatic carbocycles. The largest absolute Gasteiger partial charge is 0.481 e. The van der Waals surface area contributed by atoms with E-state index in [1.165, 1.54) is 11.1 Å². The van der Waals surface area contributed by atoms with Crippen LogP contribution in [0.4, 0.5) is 0 Å². The Morgan fingerprint density at radius 3 is 2.60 bits per heavy atom. The van der Waals surface area contributed by atoms with Crippen LogP contribution in [-0.2, 0) is 16.0 Å². The molecule has 4 heteroatoms. The number of aliphatic carboxylic acids is 1. The molecule has 20 heavy (non-hydrogen) atoms. The van der Waals surface area contributed by atoms with E-state index in [1.54, 1.807) is 0 Å². The topological polar surface area (TPSA) is 66.4 Å². The number of rotatable bonds is 4. The highest BCUT2D eigenvalue weighted by molar-refractivity contribution is 5.91. The van der Waals surface area contributed by atoms with E-state index in [2.05, 4.69) is 17.4 Å². The van der Waals surface area contributed by atoms with Gasteiger partial charge >= 0.3 is 5.97 Å². The van der Waals surface area contributed by atoms with Crippen LogP contribution in [0.3, 0.4) is 0 Å². The normalized spacial score (nSPS) is 29.0. The van der Waals surface area contributed by atoms with Crippen LogP contribution >= 0.6 is 0 Å². The zero-order chi connectivity index (χ0) is 14.5. The van der Waals surface area contributed by atoms with Gasteiger partial charge in [-0.1, -0.05) is 38.1 Å². The minimum absolute atomic E-state index is 0.119. The first kappa shape index (κ1) is 13.2. The van der Waals surface area contributed by atoms with Crippen LogP contribution < -0.4 is 5.32 Å². The van der Waals surface area contributed by atoms with Gasteiger partial charge in [0.05, 0.1) is 11.8 Å². The Bertz CT molecular complexity index is 579. The molecule has 3 unspecified atom stereocenters. The van der Waals surface area contributed by atoms with Gasteiger partial charge in [0, 0.05) is 12.5 Å². The molecule has 0 saturated heterocycles. The minimum Gasteiger partial charge on any atom is -0.481 e. The van der Waals surface area contributed by atoms with Crippen LogP contribution in [0.15, 0.2) is 24.3 Å². The summed E-state index contributed by atoms with van der Waals surface area (Å²) in [5, 5.41) is 12.0. The van der Waals surface area contributed by atoms with E-state index in [9.17, 15) is 9.59 Å². The summed E-state index contributed by atoms with van der Waals surface area (Å²) >= 11 is 0. The third-order valence-corrected chi connectivity index (χ3v) is 4.86. The summed E-state index contributed by atoms with van der Waals surface area (Å²) in [7, 11) is 0. The van der Waals surface area contributed by atoms with Crippen LogP contribution in [-0.4, -0.2) is 23.5 Å². The minimum atomic E-state index is -0.871. The van der Waals surface area contributed by atoms with Gasteiger partial charge in [-0.05, 0) is 23.0 Å². The summed E-state index contributed by atoms with van der Waals surface area (Å²) in [5.41, 5.74) is 2.23. The van der Waals surface area contributed by atoms with Gasteiger partial charge in [-0.15, -0.1) is 0 Å². The SMILES string of the molecule is CC1(C)C(C(=O)O)C1C(=O)NCC1Cc2ccccc21. The first-order valence-electron chi connectivity index (χ1n) is 7.01. The molecule has 0 radical (unpaired) electrons. The maximum absolute atomic E-state index is 12.1. The first-order valence-corrected chi connectivity index (χ1v) is 7.01. The number of hydrogen-bond acceptors (Lipinski definition) is 2. The van der Waals surface area contributed by atoms with Crippen LogP contribution in [0.1, 0.15) is 30.9 Å². The second-order valence-electron chi connectivity index (χ2n) is 6.46. The summed E-state index contributed by atoms with van der Waals surface area (Å²) in [6, 6.07) is 8.24. The van der Waals surface area contributed by atoms with Gasteiger partial charge in [0.15, 0.2) is 0 Å². The molecular weight excluding hydrogens is 254 g/mol. The molecule has 0 bridgehead atoms. The number of nitrogens with one attached hydrogen (secondary N) is 1. The fraction of sp³-hybridized carbons (Fsp3) is 0.500. The molecule has 1 fully saturated rings. The number of benzene rings is 1. The number of carboxylic acid groups (broad SMARTS) is 1. The Balaban J connectivity index is 1.56. The molecule has 1 aromatic rings. The van der Waals surface area contributed by atoms with E-state index in [-0.39, 0.29) is 5.91 Å². The van der Waals surface area contributed by atoms with Crippen molar-refractivity contribution in [3.05, 3.63) is 35.4 Å². The van der Waals surface area contributed by atoms with Gasteiger partial charge < -0.3 is 10.4 Å². The molecule has 3 rings (SSSR count). The highest BCUT2D eigenvalue weighted by Crippen LogP contribution is 2.58. The second kappa shape index (κ2) is 4.33. The first-order chi connectivity index (χ1) is 9.43. The van der Waals surface area contributed by atoms with E-state index in [0.717, 1.165) is 6.42 Å². The number of carbonyl (C=O) groups is 2. The summed E-state index contributed by atoms with van der Waals surface area (Å²) in [4.78, 5) is 23.2. The smallest absolute Gasteiger partial charge is 0.307 e. The molecule has 1 saturated carbocycles. The average Bonchev–Trinajstić information content (AvgIpc) is 2.93. The number of carboxylic acids is 1. The molecule has 0 aromatic heterocycles. The van der Waals surface area contributed by atoms with E-state index in [1.807, 2.05) is 26.0 Å².